The summed E-state index contributed by atoms with van der Waals surface area (Å²) in [5, 5.41) is 0. The molecule has 3 heteroatoms. The quantitative estimate of drug-likeness (QED) is 0.484. The normalized spacial score (nSPS) is 13.0. The number of rotatable bonds is 5. The second-order valence-corrected chi connectivity index (χ2v) is 7.47. The molecule has 3 nitrogen and oxygen atoms in total. The third-order valence-electron chi connectivity index (χ3n) is 5.19. The Morgan fingerprint density at radius 3 is 2.13 bits per heavy atom. The van der Waals surface area contributed by atoms with Crippen LogP contribution >= 0.6 is 0 Å². The zero-order chi connectivity index (χ0) is 21.9. The van der Waals surface area contributed by atoms with Gasteiger partial charge in [-0.3, -0.25) is 9.88 Å². The highest BCUT2D eigenvalue weighted by Gasteiger charge is 2.10. The molecule has 1 aromatic heterocycles. The van der Waals surface area contributed by atoms with Crippen LogP contribution in [0.5, 0.6) is 5.75 Å². The first-order valence-electron chi connectivity index (χ1n) is 11.3. The topological polar surface area (TPSA) is 25.4 Å². The van der Waals surface area contributed by atoms with Crippen molar-refractivity contribution in [1.29, 1.82) is 0 Å². The fourth-order valence-corrected chi connectivity index (χ4v) is 3.44. The minimum atomic E-state index is 0.740. The summed E-state index contributed by atoms with van der Waals surface area (Å²) >= 11 is 0. The molecule has 0 N–H and O–H groups in total. The molecule has 0 saturated carbocycles. The number of aromatic nitrogens is 1. The Labute approximate surface area is 187 Å². The number of hydrogen-bond donors (Lipinski definition) is 0. The largest absolute Gasteiger partial charge is 0.492 e. The summed E-state index contributed by atoms with van der Waals surface area (Å²) in [4.78, 5) is 7.00. The molecule has 0 radical (unpaired) electrons. The van der Waals surface area contributed by atoms with Crippen LogP contribution in [-0.4, -0.2) is 36.1 Å². The van der Waals surface area contributed by atoms with Crippen LogP contribution in [0.4, 0.5) is 0 Å². The van der Waals surface area contributed by atoms with Gasteiger partial charge in [-0.2, -0.15) is 0 Å². The molecule has 1 saturated heterocycles. The van der Waals surface area contributed by atoms with E-state index >= 15 is 0 Å². The van der Waals surface area contributed by atoms with Crippen LogP contribution in [0.2, 0.25) is 0 Å². The number of nitrogens with zero attached hydrogens (tertiary/aromatic N) is 2. The molecule has 1 aliphatic rings. The maximum atomic E-state index is 5.85. The highest BCUT2D eigenvalue weighted by atomic mass is 16.5. The van der Waals surface area contributed by atoms with Gasteiger partial charge in [-0.1, -0.05) is 55.5 Å². The fourth-order valence-electron chi connectivity index (χ4n) is 3.44. The summed E-state index contributed by atoms with van der Waals surface area (Å²) in [5.74, 6) is 7.29. The summed E-state index contributed by atoms with van der Waals surface area (Å²) in [5.41, 5.74) is 5.21. The molecule has 2 aromatic carbocycles. The van der Waals surface area contributed by atoms with Gasteiger partial charge in [0.1, 0.15) is 12.4 Å². The predicted molar refractivity (Wildman–Crippen MR) is 129 cm³/mol. The second kappa shape index (κ2) is 11.9. The van der Waals surface area contributed by atoms with E-state index < -0.39 is 0 Å². The summed E-state index contributed by atoms with van der Waals surface area (Å²) in [7, 11) is 0. The van der Waals surface area contributed by atoms with Gasteiger partial charge in [-0.15, -0.1) is 0 Å². The molecule has 160 valence electrons. The molecule has 0 atom stereocenters. The number of benzene rings is 2. The lowest BCUT2D eigenvalue weighted by molar-refractivity contribution is 0.238. The minimum absolute atomic E-state index is 0.740. The van der Waals surface area contributed by atoms with E-state index in [-0.39, 0.29) is 0 Å². The van der Waals surface area contributed by atoms with Crippen molar-refractivity contribution in [3.05, 3.63) is 83.6 Å². The van der Waals surface area contributed by atoms with Crippen molar-refractivity contribution in [2.24, 2.45) is 0 Å². The second-order valence-electron chi connectivity index (χ2n) is 7.47. The lowest BCUT2D eigenvalue weighted by atomic mass is 10.1. The van der Waals surface area contributed by atoms with Gasteiger partial charge in [-0.05, 0) is 69.3 Å². The van der Waals surface area contributed by atoms with Crippen LogP contribution in [0.1, 0.15) is 43.4 Å². The molecule has 31 heavy (non-hydrogen) atoms. The van der Waals surface area contributed by atoms with E-state index in [4.69, 9.17) is 4.74 Å². The first-order chi connectivity index (χ1) is 15.3. The summed E-state index contributed by atoms with van der Waals surface area (Å²) in [6, 6.07) is 20.4. The molecule has 0 unspecified atom stereocenters. The van der Waals surface area contributed by atoms with Crippen LogP contribution < -0.4 is 4.74 Å². The van der Waals surface area contributed by atoms with Crippen LogP contribution in [0, 0.1) is 18.8 Å². The average molecular weight is 413 g/mol. The molecule has 0 amide bonds. The van der Waals surface area contributed by atoms with Gasteiger partial charge in [-0.25, -0.2) is 0 Å². The molecule has 3 aromatic rings. The van der Waals surface area contributed by atoms with E-state index in [0.29, 0.717) is 0 Å². The van der Waals surface area contributed by atoms with Crippen molar-refractivity contribution in [3.63, 3.8) is 0 Å². The van der Waals surface area contributed by atoms with E-state index in [1.165, 1.54) is 31.5 Å². The van der Waals surface area contributed by atoms with Crippen molar-refractivity contribution < 1.29 is 4.74 Å². The summed E-state index contributed by atoms with van der Waals surface area (Å²) in [6.45, 7) is 10.2. The van der Waals surface area contributed by atoms with Crippen molar-refractivity contribution in [2.75, 3.05) is 26.2 Å². The van der Waals surface area contributed by atoms with E-state index in [1.807, 2.05) is 56.4 Å². The monoisotopic (exact) mass is 412 g/mol. The first kappa shape index (κ1) is 22.6. The zero-order valence-corrected chi connectivity index (χ0v) is 18.9. The Balaban J connectivity index is 0.00000132. The maximum absolute atomic E-state index is 5.85. The van der Waals surface area contributed by atoms with Crippen LogP contribution in [0.15, 0.2) is 66.9 Å². The molecule has 0 aliphatic carbocycles. The van der Waals surface area contributed by atoms with Crippen LogP contribution in [0.3, 0.4) is 0 Å². The third kappa shape index (κ3) is 6.98. The average Bonchev–Trinajstić information content (AvgIpc) is 3.34. The van der Waals surface area contributed by atoms with Gasteiger partial charge < -0.3 is 4.74 Å². The smallest absolute Gasteiger partial charge is 0.119 e. The number of ether oxygens (including phenoxy) is 1. The van der Waals surface area contributed by atoms with Crippen molar-refractivity contribution in [2.45, 2.75) is 33.6 Å². The predicted octanol–water partition coefficient (Wildman–Crippen LogP) is 5.96. The van der Waals surface area contributed by atoms with Crippen molar-refractivity contribution >= 4 is 0 Å². The van der Waals surface area contributed by atoms with Gasteiger partial charge in [0.2, 0.25) is 0 Å². The van der Waals surface area contributed by atoms with Crippen molar-refractivity contribution in [1.82, 2.24) is 9.88 Å². The lowest BCUT2D eigenvalue weighted by Gasteiger charge is -2.14. The van der Waals surface area contributed by atoms with Gasteiger partial charge >= 0.3 is 0 Å². The van der Waals surface area contributed by atoms with E-state index in [1.54, 1.807) is 0 Å². The molecule has 0 spiro atoms. The SMILES string of the molecule is CC.Cc1ccc(-c2ccc(C#Cc3ccc(OCCN4CCCC4)cc3)cn2)cc1. The van der Waals surface area contributed by atoms with E-state index in [2.05, 4.69) is 52.9 Å². The highest BCUT2D eigenvalue weighted by Crippen LogP contribution is 2.17. The Hall–Kier alpha value is -3.09. The molecule has 2 heterocycles. The molecule has 1 aliphatic heterocycles. The lowest BCUT2D eigenvalue weighted by Crippen LogP contribution is -2.25. The van der Waals surface area contributed by atoms with Gasteiger partial charge in [0.25, 0.3) is 0 Å². The maximum Gasteiger partial charge on any atom is 0.119 e. The van der Waals surface area contributed by atoms with E-state index in [0.717, 1.165) is 41.3 Å². The first-order valence-corrected chi connectivity index (χ1v) is 11.3. The Kier molecular flexibility index (Phi) is 8.70. The van der Waals surface area contributed by atoms with E-state index in [9.17, 15) is 0 Å². The van der Waals surface area contributed by atoms with Gasteiger partial charge in [0, 0.05) is 29.4 Å². The fraction of sp³-hybridized carbons (Fsp3) is 0.321. The number of hydrogen-bond acceptors (Lipinski definition) is 3. The summed E-state index contributed by atoms with van der Waals surface area (Å²) in [6.07, 6.45) is 4.47. The standard InChI is InChI=1S/C26H26N2O.C2H6/c1-21-4-11-24(12-5-21)26-15-10-23(20-27-26)7-6-22-8-13-25(14-9-22)29-19-18-28-16-2-3-17-28;1-2/h4-5,8-15,20H,2-3,16-19H2,1H3;1-2H3. The van der Waals surface area contributed by atoms with Gasteiger partial charge in [0.05, 0.1) is 5.69 Å². The molecular weight excluding hydrogens is 380 g/mol. The van der Waals surface area contributed by atoms with Crippen LogP contribution in [0.25, 0.3) is 11.3 Å². The van der Waals surface area contributed by atoms with Gasteiger partial charge in [0.15, 0.2) is 0 Å². The molecule has 0 bridgehead atoms. The number of pyridine rings is 1. The number of likely N-dealkylation sites (tertiary alicyclic amines) is 1. The number of aryl methyl sites for hydroxylation is 1. The third-order valence-corrected chi connectivity index (χ3v) is 5.19. The Morgan fingerprint density at radius 1 is 0.839 bits per heavy atom. The minimum Gasteiger partial charge on any atom is -0.492 e. The Bertz CT molecular complexity index is 974. The zero-order valence-electron chi connectivity index (χ0n) is 18.9. The molecular formula is C28H32N2O. The molecule has 4 rings (SSSR count). The van der Waals surface area contributed by atoms with Crippen LogP contribution in [-0.2, 0) is 0 Å². The van der Waals surface area contributed by atoms with Crippen molar-refractivity contribution in [3.8, 4) is 28.8 Å². The molecule has 1 fully saturated rings. The summed E-state index contributed by atoms with van der Waals surface area (Å²) < 4.78 is 5.85. The highest BCUT2D eigenvalue weighted by molar-refractivity contribution is 5.60. The Morgan fingerprint density at radius 2 is 1.48 bits per heavy atom.